The van der Waals surface area contributed by atoms with Gasteiger partial charge in [-0.15, -0.1) is 5.10 Å². The van der Waals surface area contributed by atoms with Gasteiger partial charge in [0, 0.05) is 17.2 Å². The molecular formula is C14H18N4O. The van der Waals surface area contributed by atoms with Crippen molar-refractivity contribution in [3.8, 4) is 11.9 Å². The molecule has 0 amide bonds. The van der Waals surface area contributed by atoms with Crippen LogP contribution in [0.5, 0.6) is 5.88 Å². The SMILES string of the molecule is Cc1[nH]nc2c1C(C1CCCCC1)C(C#N)C(=N)O2. The van der Waals surface area contributed by atoms with Gasteiger partial charge in [0.1, 0.15) is 5.92 Å². The van der Waals surface area contributed by atoms with Crippen molar-refractivity contribution < 1.29 is 4.74 Å². The minimum absolute atomic E-state index is 0.0528. The standard InChI is InChI=1S/C14H18N4O/c1-8-11-12(9-5-3-2-4-6-9)10(7-15)13(16)19-14(11)18-17-8/h9-10,12,16H,2-6H2,1H3,(H,17,18). The lowest BCUT2D eigenvalue weighted by atomic mass is 9.70. The number of aromatic nitrogens is 2. The number of aromatic amines is 1. The molecule has 3 rings (SSSR count). The number of rotatable bonds is 1. The van der Waals surface area contributed by atoms with Crippen LogP contribution in [-0.2, 0) is 0 Å². The van der Waals surface area contributed by atoms with Gasteiger partial charge in [-0.3, -0.25) is 10.5 Å². The first kappa shape index (κ1) is 12.2. The fraction of sp³-hybridized carbons (Fsp3) is 0.643. The lowest BCUT2D eigenvalue weighted by molar-refractivity contribution is 0.264. The molecule has 1 fully saturated rings. The summed E-state index contributed by atoms with van der Waals surface area (Å²) in [5, 5.41) is 24.4. The number of aryl methyl sites for hydroxylation is 1. The largest absolute Gasteiger partial charge is 0.422 e. The molecule has 5 nitrogen and oxygen atoms in total. The van der Waals surface area contributed by atoms with Crippen LogP contribution < -0.4 is 4.74 Å². The third-order valence-corrected chi connectivity index (χ3v) is 4.44. The highest BCUT2D eigenvalue weighted by molar-refractivity contribution is 5.83. The number of nitrogens with zero attached hydrogens (tertiary/aromatic N) is 2. The van der Waals surface area contributed by atoms with Gasteiger partial charge in [-0.2, -0.15) is 5.26 Å². The first-order valence-corrected chi connectivity index (χ1v) is 6.93. The second-order valence-corrected chi connectivity index (χ2v) is 5.56. The summed E-state index contributed by atoms with van der Waals surface area (Å²) in [5.41, 5.74) is 1.99. The monoisotopic (exact) mass is 258 g/mol. The van der Waals surface area contributed by atoms with Crippen molar-refractivity contribution in [3.63, 3.8) is 0 Å². The fourth-order valence-corrected chi connectivity index (χ4v) is 3.52. The summed E-state index contributed by atoms with van der Waals surface area (Å²) >= 11 is 0. The topological polar surface area (TPSA) is 85.5 Å². The van der Waals surface area contributed by atoms with E-state index >= 15 is 0 Å². The van der Waals surface area contributed by atoms with Crippen molar-refractivity contribution in [2.24, 2.45) is 11.8 Å². The maximum absolute atomic E-state index is 9.42. The number of ether oxygens (including phenoxy) is 1. The summed E-state index contributed by atoms with van der Waals surface area (Å²) in [5.74, 6) is 0.631. The second-order valence-electron chi connectivity index (χ2n) is 5.56. The van der Waals surface area contributed by atoms with Gasteiger partial charge in [-0.1, -0.05) is 19.3 Å². The minimum atomic E-state index is -0.466. The summed E-state index contributed by atoms with van der Waals surface area (Å²) in [4.78, 5) is 0. The highest BCUT2D eigenvalue weighted by Gasteiger charge is 2.43. The van der Waals surface area contributed by atoms with Crippen molar-refractivity contribution in [2.75, 3.05) is 0 Å². The zero-order valence-electron chi connectivity index (χ0n) is 11.1. The van der Waals surface area contributed by atoms with E-state index in [1.54, 1.807) is 0 Å². The highest BCUT2D eigenvalue weighted by atomic mass is 16.5. The van der Waals surface area contributed by atoms with E-state index in [1.807, 2.05) is 6.92 Å². The number of hydrogen-bond acceptors (Lipinski definition) is 4. The average Bonchev–Trinajstić information content (AvgIpc) is 2.79. The third kappa shape index (κ3) is 1.92. The van der Waals surface area contributed by atoms with Gasteiger partial charge in [-0.05, 0) is 25.7 Å². The summed E-state index contributed by atoms with van der Waals surface area (Å²) in [7, 11) is 0. The molecule has 2 heterocycles. The maximum Gasteiger partial charge on any atom is 0.243 e. The van der Waals surface area contributed by atoms with E-state index in [1.165, 1.54) is 19.3 Å². The molecule has 1 aliphatic heterocycles. The molecule has 0 spiro atoms. The number of nitriles is 1. The van der Waals surface area contributed by atoms with Crippen LogP contribution in [0, 0.1) is 35.5 Å². The molecule has 5 heteroatoms. The van der Waals surface area contributed by atoms with E-state index < -0.39 is 5.92 Å². The van der Waals surface area contributed by atoms with Gasteiger partial charge in [0.15, 0.2) is 0 Å². The van der Waals surface area contributed by atoms with Crippen molar-refractivity contribution in [2.45, 2.75) is 44.9 Å². The molecule has 2 unspecified atom stereocenters. The Morgan fingerprint density at radius 2 is 2.11 bits per heavy atom. The van der Waals surface area contributed by atoms with Gasteiger partial charge in [0.05, 0.1) is 6.07 Å². The normalized spacial score (nSPS) is 27.5. The Labute approximate surface area is 112 Å². The van der Waals surface area contributed by atoms with Crippen LogP contribution in [0.3, 0.4) is 0 Å². The van der Waals surface area contributed by atoms with Gasteiger partial charge in [-0.25, -0.2) is 0 Å². The van der Waals surface area contributed by atoms with E-state index in [4.69, 9.17) is 10.1 Å². The number of fused-ring (bicyclic) bond motifs is 1. The van der Waals surface area contributed by atoms with E-state index in [0.29, 0.717) is 11.8 Å². The third-order valence-electron chi connectivity index (χ3n) is 4.44. The molecule has 1 saturated carbocycles. The second kappa shape index (κ2) is 4.69. The molecule has 1 aromatic heterocycles. The summed E-state index contributed by atoms with van der Waals surface area (Å²) in [6.07, 6.45) is 6.01. The molecule has 1 aromatic rings. The minimum Gasteiger partial charge on any atom is -0.422 e. The van der Waals surface area contributed by atoms with Crippen molar-refractivity contribution in [1.82, 2.24) is 10.2 Å². The van der Waals surface area contributed by atoms with Crippen LogP contribution in [0.15, 0.2) is 0 Å². The molecule has 19 heavy (non-hydrogen) atoms. The molecular weight excluding hydrogens is 240 g/mol. The maximum atomic E-state index is 9.42. The van der Waals surface area contributed by atoms with Gasteiger partial charge < -0.3 is 4.74 Å². The van der Waals surface area contributed by atoms with Crippen LogP contribution in [0.2, 0.25) is 0 Å². The molecule has 100 valence electrons. The molecule has 0 bridgehead atoms. The van der Waals surface area contributed by atoms with Crippen LogP contribution in [0.1, 0.15) is 49.3 Å². The zero-order chi connectivity index (χ0) is 13.4. The van der Waals surface area contributed by atoms with Crippen molar-refractivity contribution >= 4 is 5.90 Å². The summed E-state index contributed by atoms with van der Waals surface area (Å²) in [6.45, 7) is 1.97. The Kier molecular flexibility index (Phi) is 3.02. The quantitative estimate of drug-likeness (QED) is 0.812. The molecule has 0 saturated heterocycles. The lowest BCUT2D eigenvalue weighted by Gasteiger charge is -2.35. The first-order chi connectivity index (χ1) is 9.22. The van der Waals surface area contributed by atoms with Crippen LogP contribution in [-0.4, -0.2) is 16.1 Å². The molecule has 2 N–H and O–H groups in total. The van der Waals surface area contributed by atoms with Gasteiger partial charge in [0.2, 0.25) is 11.8 Å². The van der Waals surface area contributed by atoms with Crippen molar-refractivity contribution in [1.29, 1.82) is 10.7 Å². The van der Waals surface area contributed by atoms with Crippen LogP contribution >= 0.6 is 0 Å². The number of H-pyrrole nitrogens is 1. The highest BCUT2D eigenvalue weighted by Crippen LogP contribution is 2.47. The zero-order valence-corrected chi connectivity index (χ0v) is 11.1. The van der Waals surface area contributed by atoms with E-state index in [9.17, 15) is 5.26 Å². The number of nitrogens with one attached hydrogen (secondary N) is 2. The van der Waals surface area contributed by atoms with Gasteiger partial charge in [0.25, 0.3) is 0 Å². The molecule has 2 atom stereocenters. The molecule has 1 aliphatic carbocycles. The summed E-state index contributed by atoms with van der Waals surface area (Å²) in [6, 6.07) is 2.27. The Morgan fingerprint density at radius 1 is 1.37 bits per heavy atom. The summed E-state index contributed by atoms with van der Waals surface area (Å²) < 4.78 is 5.40. The Morgan fingerprint density at radius 3 is 2.79 bits per heavy atom. The molecule has 0 radical (unpaired) electrons. The predicted molar refractivity (Wildman–Crippen MR) is 70.1 cm³/mol. The van der Waals surface area contributed by atoms with Crippen LogP contribution in [0.4, 0.5) is 0 Å². The fourth-order valence-electron chi connectivity index (χ4n) is 3.52. The smallest absolute Gasteiger partial charge is 0.243 e. The van der Waals surface area contributed by atoms with E-state index in [2.05, 4.69) is 16.3 Å². The Hall–Kier alpha value is -1.83. The average molecular weight is 258 g/mol. The molecule has 2 aliphatic rings. The van der Waals surface area contributed by atoms with Crippen molar-refractivity contribution in [3.05, 3.63) is 11.3 Å². The Balaban J connectivity index is 2.04. The van der Waals surface area contributed by atoms with E-state index in [-0.39, 0.29) is 11.8 Å². The van der Waals surface area contributed by atoms with Crippen LogP contribution in [0.25, 0.3) is 0 Å². The number of hydrogen-bond donors (Lipinski definition) is 2. The predicted octanol–water partition coefficient (Wildman–Crippen LogP) is 2.89. The Bertz CT molecular complexity index is 536. The van der Waals surface area contributed by atoms with Gasteiger partial charge >= 0.3 is 0 Å². The lowest BCUT2D eigenvalue weighted by Crippen LogP contribution is -2.35. The first-order valence-electron chi connectivity index (χ1n) is 6.93. The molecule has 0 aromatic carbocycles. The van der Waals surface area contributed by atoms with E-state index in [0.717, 1.165) is 24.1 Å².